The van der Waals surface area contributed by atoms with Gasteiger partial charge in [0.1, 0.15) is 0 Å². The van der Waals surface area contributed by atoms with E-state index in [1.807, 2.05) is 19.0 Å². The Bertz CT molecular complexity index is 701. The summed E-state index contributed by atoms with van der Waals surface area (Å²) in [5.41, 5.74) is 7.23. The molecule has 0 saturated heterocycles. The summed E-state index contributed by atoms with van der Waals surface area (Å²) in [6, 6.07) is 6.56. The van der Waals surface area contributed by atoms with Crippen molar-refractivity contribution in [3.05, 3.63) is 78.7 Å². The lowest BCUT2D eigenvalue weighted by molar-refractivity contribution is -0.111. The first-order chi connectivity index (χ1) is 11.8. The van der Waals surface area contributed by atoms with Crippen molar-refractivity contribution in [1.82, 2.24) is 10.2 Å². The van der Waals surface area contributed by atoms with E-state index in [1.165, 1.54) is 6.08 Å². The van der Waals surface area contributed by atoms with Crippen LogP contribution >= 0.6 is 0 Å². The van der Waals surface area contributed by atoms with Crippen molar-refractivity contribution < 1.29 is 9.59 Å². The van der Waals surface area contributed by atoms with Crippen LogP contribution in [-0.4, -0.2) is 37.4 Å². The van der Waals surface area contributed by atoms with E-state index in [2.05, 4.69) is 23.8 Å². The molecule has 0 atom stereocenters. The first-order valence-corrected chi connectivity index (χ1v) is 7.63. The topological polar surface area (TPSA) is 87.5 Å². The Kier molecular flexibility index (Phi) is 7.89. The molecule has 0 aliphatic heterocycles. The maximum atomic E-state index is 12.1. The SMILES string of the molecule is C=C(N)/C=C\C(=C)NC(=O)c1ccc(NC(=O)/C=C/CN(C)C)cc1. The highest BCUT2D eigenvalue weighted by atomic mass is 16.2. The fourth-order valence-electron chi connectivity index (χ4n) is 1.73. The predicted octanol–water partition coefficient (Wildman–Crippen LogP) is 2.01. The second-order valence-electron chi connectivity index (χ2n) is 5.62. The summed E-state index contributed by atoms with van der Waals surface area (Å²) in [5.74, 6) is -0.527. The molecule has 6 nitrogen and oxygen atoms in total. The molecule has 25 heavy (non-hydrogen) atoms. The Morgan fingerprint density at radius 1 is 1.12 bits per heavy atom. The van der Waals surface area contributed by atoms with Gasteiger partial charge in [-0.15, -0.1) is 0 Å². The molecule has 1 rings (SSSR count). The van der Waals surface area contributed by atoms with Crippen molar-refractivity contribution >= 4 is 17.5 Å². The van der Waals surface area contributed by atoms with Crippen LogP contribution < -0.4 is 16.4 Å². The number of likely N-dealkylation sites (N-methyl/N-ethyl adjacent to an activating group) is 1. The number of nitrogens with zero attached hydrogens (tertiary/aromatic N) is 1. The van der Waals surface area contributed by atoms with Gasteiger partial charge in [-0.2, -0.15) is 0 Å². The standard InChI is InChI=1S/C19H24N4O2/c1-14(20)7-8-15(2)21-19(25)16-9-11-17(12-10-16)22-18(24)6-5-13-23(3)4/h5-12H,1-2,13,20H2,3-4H3,(H,21,25)(H,22,24)/b6-5+,8-7-. The number of carbonyl (C=O) groups is 2. The summed E-state index contributed by atoms with van der Waals surface area (Å²) < 4.78 is 0. The smallest absolute Gasteiger partial charge is 0.255 e. The fraction of sp³-hybridized carbons (Fsp3) is 0.158. The second kappa shape index (κ2) is 9.89. The van der Waals surface area contributed by atoms with Crippen molar-refractivity contribution in [1.29, 1.82) is 0 Å². The molecule has 132 valence electrons. The molecule has 0 radical (unpaired) electrons. The number of benzene rings is 1. The van der Waals surface area contributed by atoms with Crippen molar-refractivity contribution in [2.75, 3.05) is 26.0 Å². The van der Waals surface area contributed by atoms with E-state index in [9.17, 15) is 9.59 Å². The zero-order valence-electron chi connectivity index (χ0n) is 14.6. The number of allylic oxidation sites excluding steroid dienone is 2. The lowest BCUT2D eigenvalue weighted by atomic mass is 10.2. The Morgan fingerprint density at radius 2 is 1.76 bits per heavy atom. The quantitative estimate of drug-likeness (QED) is 0.499. The molecule has 0 aromatic heterocycles. The molecule has 0 aliphatic rings. The van der Waals surface area contributed by atoms with Crippen LogP contribution in [0.5, 0.6) is 0 Å². The third kappa shape index (κ3) is 8.34. The van der Waals surface area contributed by atoms with E-state index in [0.717, 1.165) is 0 Å². The minimum absolute atomic E-state index is 0.223. The maximum Gasteiger partial charge on any atom is 0.255 e. The van der Waals surface area contributed by atoms with E-state index in [1.54, 1.807) is 42.5 Å². The van der Waals surface area contributed by atoms with Crippen LogP contribution in [0.3, 0.4) is 0 Å². The van der Waals surface area contributed by atoms with Gasteiger partial charge in [0.05, 0.1) is 0 Å². The average Bonchev–Trinajstić information content (AvgIpc) is 2.53. The van der Waals surface area contributed by atoms with Crippen LogP contribution in [0, 0.1) is 0 Å². The monoisotopic (exact) mass is 340 g/mol. The van der Waals surface area contributed by atoms with Gasteiger partial charge < -0.3 is 21.3 Å². The number of nitrogens with two attached hydrogens (primary N) is 1. The molecule has 0 heterocycles. The van der Waals surface area contributed by atoms with E-state index < -0.39 is 0 Å². The lowest BCUT2D eigenvalue weighted by Crippen LogP contribution is -2.21. The highest BCUT2D eigenvalue weighted by Crippen LogP contribution is 2.10. The minimum Gasteiger partial charge on any atom is -0.399 e. The molecular formula is C19H24N4O2. The maximum absolute atomic E-state index is 12.1. The molecule has 0 bridgehead atoms. The van der Waals surface area contributed by atoms with Gasteiger partial charge in [-0.1, -0.05) is 19.2 Å². The molecular weight excluding hydrogens is 316 g/mol. The van der Waals surface area contributed by atoms with Gasteiger partial charge in [0.2, 0.25) is 5.91 Å². The zero-order valence-corrected chi connectivity index (χ0v) is 14.6. The summed E-state index contributed by atoms with van der Waals surface area (Å²) in [7, 11) is 3.84. The van der Waals surface area contributed by atoms with Crippen LogP contribution in [-0.2, 0) is 4.79 Å². The molecule has 1 aromatic rings. The van der Waals surface area contributed by atoms with Crippen LogP contribution in [0.1, 0.15) is 10.4 Å². The Hall–Kier alpha value is -3.12. The summed E-state index contributed by atoms with van der Waals surface area (Å²) in [5, 5.41) is 5.36. The number of hydrogen-bond donors (Lipinski definition) is 3. The van der Waals surface area contributed by atoms with Gasteiger partial charge in [-0.05, 0) is 50.5 Å². The van der Waals surface area contributed by atoms with Crippen LogP contribution in [0.2, 0.25) is 0 Å². The molecule has 0 spiro atoms. The highest BCUT2D eigenvalue weighted by molar-refractivity contribution is 6.00. The molecule has 4 N–H and O–H groups in total. The third-order valence-electron chi connectivity index (χ3n) is 2.93. The van der Waals surface area contributed by atoms with Crippen LogP contribution in [0.25, 0.3) is 0 Å². The van der Waals surface area contributed by atoms with Gasteiger partial charge in [-0.3, -0.25) is 9.59 Å². The Morgan fingerprint density at radius 3 is 2.32 bits per heavy atom. The van der Waals surface area contributed by atoms with Gasteiger partial charge >= 0.3 is 0 Å². The summed E-state index contributed by atoms with van der Waals surface area (Å²) in [6.07, 6.45) is 6.36. The number of hydrogen-bond acceptors (Lipinski definition) is 4. The fourth-order valence-corrected chi connectivity index (χ4v) is 1.73. The van der Waals surface area contributed by atoms with Gasteiger partial charge in [0.15, 0.2) is 0 Å². The molecule has 2 amide bonds. The molecule has 0 fully saturated rings. The van der Waals surface area contributed by atoms with Crippen molar-refractivity contribution in [2.45, 2.75) is 0 Å². The molecule has 6 heteroatoms. The predicted molar refractivity (Wildman–Crippen MR) is 102 cm³/mol. The Labute approximate surface area is 148 Å². The molecule has 0 saturated carbocycles. The van der Waals surface area contributed by atoms with E-state index in [-0.39, 0.29) is 11.8 Å². The average molecular weight is 340 g/mol. The number of anilines is 1. The summed E-state index contributed by atoms with van der Waals surface area (Å²) in [6.45, 7) is 7.91. The van der Waals surface area contributed by atoms with Crippen molar-refractivity contribution in [2.24, 2.45) is 5.73 Å². The van der Waals surface area contributed by atoms with Crippen molar-refractivity contribution in [3.8, 4) is 0 Å². The van der Waals surface area contributed by atoms with Gasteiger partial charge in [0.25, 0.3) is 5.91 Å². The minimum atomic E-state index is -0.305. The van der Waals surface area contributed by atoms with Crippen LogP contribution in [0.15, 0.2) is 73.1 Å². The lowest BCUT2D eigenvalue weighted by Gasteiger charge is -2.07. The number of rotatable bonds is 8. The van der Waals surface area contributed by atoms with E-state index in [4.69, 9.17) is 5.73 Å². The van der Waals surface area contributed by atoms with Gasteiger partial charge in [-0.25, -0.2) is 0 Å². The molecule has 0 unspecified atom stereocenters. The second-order valence-corrected chi connectivity index (χ2v) is 5.62. The highest BCUT2D eigenvalue weighted by Gasteiger charge is 2.06. The summed E-state index contributed by atoms with van der Waals surface area (Å²) >= 11 is 0. The first-order valence-electron chi connectivity index (χ1n) is 7.63. The number of amides is 2. The van der Waals surface area contributed by atoms with Gasteiger partial charge in [0, 0.05) is 35.3 Å². The normalized spacial score (nSPS) is 11.0. The number of nitrogens with one attached hydrogen (secondary N) is 2. The van der Waals surface area contributed by atoms with E-state index in [0.29, 0.717) is 29.2 Å². The first kappa shape index (κ1) is 19.9. The molecule has 1 aromatic carbocycles. The number of carbonyl (C=O) groups excluding carboxylic acids is 2. The van der Waals surface area contributed by atoms with Crippen molar-refractivity contribution in [3.63, 3.8) is 0 Å². The Balaban J connectivity index is 2.59. The third-order valence-corrected chi connectivity index (χ3v) is 2.93. The summed E-state index contributed by atoms with van der Waals surface area (Å²) in [4.78, 5) is 25.8. The molecule has 0 aliphatic carbocycles. The van der Waals surface area contributed by atoms with E-state index >= 15 is 0 Å². The largest absolute Gasteiger partial charge is 0.399 e. The zero-order chi connectivity index (χ0) is 18.8. The van der Waals surface area contributed by atoms with Crippen LogP contribution in [0.4, 0.5) is 5.69 Å².